The molecular formula is C12H16ClNO2. The second kappa shape index (κ2) is 6.38. The Kier molecular flexibility index (Phi) is 5.12. The molecule has 1 N–H and O–H groups in total. The van der Waals surface area contributed by atoms with E-state index in [1.807, 2.05) is 26.0 Å². The first kappa shape index (κ1) is 12.8. The number of para-hydroxylation sites is 1. The Bertz CT molecular complexity index is 355. The first-order valence-electron chi connectivity index (χ1n) is 5.30. The summed E-state index contributed by atoms with van der Waals surface area (Å²) in [6.45, 7) is 3.96. The predicted molar refractivity (Wildman–Crippen MR) is 64.8 cm³/mol. The number of halogens is 1. The second-order valence-corrected chi connectivity index (χ2v) is 4.00. The fraction of sp³-hybridized carbons (Fsp3) is 0.417. The lowest BCUT2D eigenvalue weighted by Gasteiger charge is -2.12. The molecule has 1 amide bonds. The van der Waals surface area contributed by atoms with Crippen LogP contribution in [0.5, 0.6) is 5.75 Å². The van der Waals surface area contributed by atoms with Gasteiger partial charge in [-0.05, 0) is 25.5 Å². The molecule has 1 aromatic carbocycles. The quantitative estimate of drug-likeness (QED) is 0.861. The summed E-state index contributed by atoms with van der Waals surface area (Å²) in [5, 5.41) is 3.33. The molecule has 1 aromatic rings. The second-order valence-electron chi connectivity index (χ2n) is 3.60. The monoisotopic (exact) mass is 241 g/mol. The topological polar surface area (TPSA) is 38.3 Å². The maximum absolute atomic E-state index is 11.4. The molecule has 16 heavy (non-hydrogen) atoms. The molecule has 0 bridgehead atoms. The van der Waals surface area contributed by atoms with Crippen molar-refractivity contribution < 1.29 is 9.53 Å². The van der Waals surface area contributed by atoms with E-state index in [2.05, 4.69) is 5.32 Å². The van der Waals surface area contributed by atoms with Gasteiger partial charge in [-0.3, -0.25) is 4.79 Å². The zero-order valence-electron chi connectivity index (χ0n) is 9.50. The minimum atomic E-state index is -0.130. The van der Waals surface area contributed by atoms with Crippen molar-refractivity contribution in [3.63, 3.8) is 0 Å². The van der Waals surface area contributed by atoms with E-state index in [1.165, 1.54) is 0 Å². The molecule has 4 heteroatoms. The van der Waals surface area contributed by atoms with E-state index in [0.717, 1.165) is 6.42 Å². The van der Waals surface area contributed by atoms with Gasteiger partial charge in [0.15, 0.2) is 6.61 Å². The van der Waals surface area contributed by atoms with Crippen molar-refractivity contribution in [3.05, 3.63) is 29.3 Å². The number of ether oxygens (including phenoxy) is 1. The molecule has 0 heterocycles. The van der Waals surface area contributed by atoms with Gasteiger partial charge in [-0.25, -0.2) is 0 Å². The third kappa shape index (κ3) is 4.11. The number of carbonyl (C=O) groups excluding carboxylic acids is 1. The van der Waals surface area contributed by atoms with E-state index in [0.29, 0.717) is 10.8 Å². The fourth-order valence-corrected chi connectivity index (χ4v) is 1.31. The van der Waals surface area contributed by atoms with Crippen molar-refractivity contribution in [2.75, 3.05) is 6.61 Å². The smallest absolute Gasteiger partial charge is 0.258 e. The zero-order chi connectivity index (χ0) is 12.0. The number of amides is 1. The van der Waals surface area contributed by atoms with Gasteiger partial charge in [0.05, 0.1) is 5.02 Å². The van der Waals surface area contributed by atoms with Crippen LogP contribution in [0.25, 0.3) is 0 Å². The maximum atomic E-state index is 11.4. The van der Waals surface area contributed by atoms with Gasteiger partial charge in [0, 0.05) is 6.04 Å². The molecule has 1 atom stereocenters. The predicted octanol–water partition coefficient (Wildman–Crippen LogP) is 2.63. The number of benzene rings is 1. The fourth-order valence-electron chi connectivity index (χ4n) is 1.12. The molecule has 0 aliphatic rings. The van der Waals surface area contributed by atoms with Crippen LogP contribution in [-0.2, 0) is 4.79 Å². The van der Waals surface area contributed by atoms with Crippen molar-refractivity contribution in [1.29, 1.82) is 0 Å². The van der Waals surface area contributed by atoms with Crippen molar-refractivity contribution in [3.8, 4) is 5.75 Å². The Morgan fingerprint density at radius 3 is 2.81 bits per heavy atom. The van der Waals surface area contributed by atoms with Crippen LogP contribution in [0, 0.1) is 0 Å². The Morgan fingerprint density at radius 1 is 1.50 bits per heavy atom. The molecular weight excluding hydrogens is 226 g/mol. The van der Waals surface area contributed by atoms with E-state index in [-0.39, 0.29) is 18.6 Å². The summed E-state index contributed by atoms with van der Waals surface area (Å²) >= 11 is 5.88. The zero-order valence-corrected chi connectivity index (χ0v) is 10.3. The van der Waals surface area contributed by atoms with E-state index >= 15 is 0 Å². The van der Waals surface area contributed by atoms with Crippen LogP contribution in [0.3, 0.4) is 0 Å². The molecule has 0 aromatic heterocycles. The van der Waals surface area contributed by atoms with Gasteiger partial charge in [0.25, 0.3) is 5.91 Å². The Labute approximate surface area is 101 Å². The molecule has 0 saturated carbocycles. The standard InChI is InChI=1S/C12H16ClNO2/c1-3-9(2)14-12(15)8-16-11-7-5-4-6-10(11)13/h4-7,9H,3,8H2,1-2H3,(H,14,15). The van der Waals surface area contributed by atoms with Gasteiger partial charge in [0.1, 0.15) is 5.75 Å². The first-order valence-corrected chi connectivity index (χ1v) is 5.68. The summed E-state index contributed by atoms with van der Waals surface area (Å²) in [4.78, 5) is 11.4. The molecule has 0 fully saturated rings. The lowest BCUT2D eigenvalue weighted by molar-refractivity contribution is -0.123. The van der Waals surface area contributed by atoms with Gasteiger partial charge in [-0.1, -0.05) is 30.7 Å². The Morgan fingerprint density at radius 2 is 2.19 bits per heavy atom. The van der Waals surface area contributed by atoms with Crippen LogP contribution in [0.4, 0.5) is 0 Å². The highest BCUT2D eigenvalue weighted by molar-refractivity contribution is 6.32. The van der Waals surface area contributed by atoms with Gasteiger partial charge in [0.2, 0.25) is 0 Å². The van der Waals surface area contributed by atoms with Gasteiger partial charge in [-0.2, -0.15) is 0 Å². The number of hydrogen-bond acceptors (Lipinski definition) is 2. The maximum Gasteiger partial charge on any atom is 0.258 e. The molecule has 1 rings (SSSR count). The molecule has 0 radical (unpaired) electrons. The van der Waals surface area contributed by atoms with E-state index < -0.39 is 0 Å². The first-order chi connectivity index (χ1) is 7.63. The number of nitrogens with one attached hydrogen (secondary N) is 1. The summed E-state index contributed by atoms with van der Waals surface area (Å²) < 4.78 is 5.30. The average molecular weight is 242 g/mol. The van der Waals surface area contributed by atoms with Crippen LogP contribution in [0.1, 0.15) is 20.3 Å². The van der Waals surface area contributed by atoms with Gasteiger partial charge < -0.3 is 10.1 Å². The van der Waals surface area contributed by atoms with Crippen LogP contribution >= 0.6 is 11.6 Å². The molecule has 0 aliphatic carbocycles. The van der Waals surface area contributed by atoms with Crippen LogP contribution in [-0.4, -0.2) is 18.6 Å². The lowest BCUT2D eigenvalue weighted by atomic mass is 10.2. The van der Waals surface area contributed by atoms with Crippen LogP contribution < -0.4 is 10.1 Å². The minimum Gasteiger partial charge on any atom is -0.482 e. The summed E-state index contributed by atoms with van der Waals surface area (Å²) in [7, 11) is 0. The molecule has 0 spiro atoms. The largest absolute Gasteiger partial charge is 0.482 e. The normalized spacial score (nSPS) is 11.9. The van der Waals surface area contributed by atoms with Crippen molar-refractivity contribution in [2.45, 2.75) is 26.3 Å². The molecule has 0 aliphatic heterocycles. The number of hydrogen-bond donors (Lipinski definition) is 1. The highest BCUT2D eigenvalue weighted by Crippen LogP contribution is 2.22. The van der Waals surface area contributed by atoms with Crippen LogP contribution in [0.2, 0.25) is 5.02 Å². The van der Waals surface area contributed by atoms with Crippen molar-refractivity contribution in [2.24, 2.45) is 0 Å². The Hall–Kier alpha value is -1.22. The van der Waals surface area contributed by atoms with Crippen LogP contribution in [0.15, 0.2) is 24.3 Å². The average Bonchev–Trinajstić information content (AvgIpc) is 2.28. The van der Waals surface area contributed by atoms with Crippen molar-refractivity contribution in [1.82, 2.24) is 5.32 Å². The van der Waals surface area contributed by atoms with E-state index in [1.54, 1.807) is 12.1 Å². The molecule has 3 nitrogen and oxygen atoms in total. The lowest BCUT2D eigenvalue weighted by Crippen LogP contribution is -2.35. The summed E-state index contributed by atoms with van der Waals surface area (Å²) in [5.74, 6) is 0.401. The SMILES string of the molecule is CCC(C)NC(=O)COc1ccccc1Cl. The summed E-state index contributed by atoms with van der Waals surface area (Å²) in [6.07, 6.45) is 0.901. The minimum absolute atomic E-state index is 0.00588. The highest BCUT2D eigenvalue weighted by Gasteiger charge is 2.07. The molecule has 88 valence electrons. The third-order valence-corrected chi connectivity index (χ3v) is 2.53. The summed E-state index contributed by atoms with van der Waals surface area (Å²) in [5.41, 5.74) is 0. The molecule has 1 unspecified atom stereocenters. The van der Waals surface area contributed by atoms with Gasteiger partial charge in [-0.15, -0.1) is 0 Å². The number of rotatable bonds is 5. The summed E-state index contributed by atoms with van der Waals surface area (Å²) in [6, 6.07) is 7.26. The van der Waals surface area contributed by atoms with Gasteiger partial charge >= 0.3 is 0 Å². The highest BCUT2D eigenvalue weighted by atomic mass is 35.5. The van der Waals surface area contributed by atoms with E-state index in [9.17, 15) is 4.79 Å². The third-order valence-electron chi connectivity index (χ3n) is 2.22. The molecule has 0 saturated heterocycles. The van der Waals surface area contributed by atoms with Crippen molar-refractivity contribution >= 4 is 17.5 Å². The Balaban J connectivity index is 2.40. The number of carbonyl (C=O) groups is 1. The van der Waals surface area contributed by atoms with E-state index in [4.69, 9.17) is 16.3 Å².